The van der Waals surface area contributed by atoms with E-state index in [1.165, 1.54) is 0 Å². The van der Waals surface area contributed by atoms with E-state index in [-0.39, 0.29) is 6.16 Å². The van der Waals surface area contributed by atoms with E-state index in [1.807, 2.05) is 0 Å². The monoisotopic (exact) mass is 238 g/mol. The van der Waals surface area contributed by atoms with Crippen molar-refractivity contribution in [3.05, 3.63) is 33.8 Å². The Morgan fingerprint density at radius 1 is 1.38 bits per heavy atom. The molecule has 2 nitrogen and oxygen atoms in total. The SMILES string of the molecule is O=[PH](O)CCc1cccc(Cl)c1Cl. The van der Waals surface area contributed by atoms with Crippen LogP contribution in [0.1, 0.15) is 5.56 Å². The van der Waals surface area contributed by atoms with Crippen molar-refractivity contribution in [3.8, 4) is 0 Å². The fraction of sp³-hybridized carbons (Fsp3) is 0.250. The lowest BCUT2D eigenvalue weighted by atomic mass is 10.2. The van der Waals surface area contributed by atoms with E-state index in [2.05, 4.69) is 0 Å². The van der Waals surface area contributed by atoms with Crippen molar-refractivity contribution in [1.82, 2.24) is 0 Å². The Balaban J connectivity index is 2.77. The summed E-state index contributed by atoms with van der Waals surface area (Å²) in [6.07, 6.45) is 0.748. The van der Waals surface area contributed by atoms with Gasteiger partial charge in [0.05, 0.1) is 10.0 Å². The van der Waals surface area contributed by atoms with E-state index >= 15 is 0 Å². The molecule has 5 heteroatoms. The molecule has 13 heavy (non-hydrogen) atoms. The molecular formula is C8H9Cl2O2P. The van der Waals surface area contributed by atoms with Gasteiger partial charge < -0.3 is 4.89 Å². The first-order valence-corrected chi connectivity index (χ1v) is 6.08. The van der Waals surface area contributed by atoms with Gasteiger partial charge in [-0.1, -0.05) is 35.3 Å². The second kappa shape index (κ2) is 5.02. The smallest absolute Gasteiger partial charge is 0.189 e. The summed E-state index contributed by atoms with van der Waals surface area (Å²) in [6, 6.07) is 5.27. The lowest BCUT2D eigenvalue weighted by Gasteiger charge is -2.03. The van der Waals surface area contributed by atoms with Gasteiger partial charge in [-0.3, -0.25) is 4.57 Å². The molecular weight excluding hydrogens is 230 g/mol. The normalized spacial score (nSPS) is 12.8. The molecule has 0 aliphatic heterocycles. The van der Waals surface area contributed by atoms with E-state index < -0.39 is 8.03 Å². The van der Waals surface area contributed by atoms with Gasteiger partial charge in [0.15, 0.2) is 8.03 Å². The number of hydrogen-bond donors (Lipinski definition) is 1. The minimum atomic E-state index is -2.41. The molecule has 0 radical (unpaired) electrons. The fourth-order valence-corrected chi connectivity index (χ4v) is 1.88. The van der Waals surface area contributed by atoms with Crippen LogP contribution in [0.25, 0.3) is 0 Å². The predicted octanol–water partition coefficient (Wildman–Crippen LogP) is 3.00. The highest BCUT2D eigenvalue weighted by Crippen LogP contribution is 2.27. The first-order valence-electron chi connectivity index (χ1n) is 3.76. The molecule has 0 bridgehead atoms. The molecule has 1 aromatic rings. The first kappa shape index (κ1) is 11.1. The lowest BCUT2D eigenvalue weighted by molar-refractivity contribution is 0.502. The quantitative estimate of drug-likeness (QED) is 0.823. The molecule has 1 atom stereocenters. The highest BCUT2D eigenvalue weighted by molar-refractivity contribution is 7.37. The van der Waals surface area contributed by atoms with Crippen molar-refractivity contribution >= 4 is 31.2 Å². The number of halogens is 2. The Bertz CT molecular complexity index is 328. The van der Waals surface area contributed by atoms with Gasteiger partial charge in [0, 0.05) is 6.16 Å². The molecule has 1 aromatic carbocycles. The minimum Gasteiger partial charge on any atom is -0.346 e. The van der Waals surface area contributed by atoms with E-state index in [4.69, 9.17) is 28.1 Å². The van der Waals surface area contributed by atoms with Crippen molar-refractivity contribution in [2.75, 3.05) is 6.16 Å². The van der Waals surface area contributed by atoms with Gasteiger partial charge in [0.1, 0.15) is 0 Å². The van der Waals surface area contributed by atoms with Crippen molar-refractivity contribution in [1.29, 1.82) is 0 Å². The average molecular weight is 239 g/mol. The molecule has 0 amide bonds. The van der Waals surface area contributed by atoms with Crippen LogP contribution in [0.3, 0.4) is 0 Å². The molecule has 1 rings (SSSR count). The van der Waals surface area contributed by atoms with Crippen LogP contribution in [-0.2, 0) is 11.0 Å². The third-order valence-electron chi connectivity index (χ3n) is 1.64. The highest BCUT2D eigenvalue weighted by atomic mass is 35.5. The standard InChI is InChI=1S/C8H9Cl2O2P/c9-7-3-1-2-6(8(7)10)4-5-13(11)12/h1-3,13H,4-5H2,(H,11,12). The molecule has 0 fully saturated rings. The van der Waals surface area contributed by atoms with Gasteiger partial charge in [-0.15, -0.1) is 0 Å². The second-order valence-electron chi connectivity index (χ2n) is 2.61. The third kappa shape index (κ3) is 3.32. The number of rotatable bonds is 3. The lowest BCUT2D eigenvalue weighted by Crippen LogP contribution is -1.89. The van der Waals surface area contributed by atoms with Crippen molar-refractivity contribution in [2.45, 2.75) is 6.42 Å². The summed E-state index contributed by atoms with van der Waals surface area (Å²) in [4.78, 5) is 8.64. The second-order valence-corrected chi connectivity index (χ2v) is 4.68. The molecule has 0 aliphatic carbocycles. The van der Waals surface area contributed by atoms with Crippen LogP contribution in [0.5, 0.6) is 0 Å². The maximum atomic E-state index is 10.5. The van der Waals surface area contributed by atoms with Gasteiger partial charge in [-0.2, -0.15) is 0 Å². The van der Waals surface area contributed by atoms with E-state index in [1.54, 1.807) is 18.2 Å². The van der Waals surface area contributed by atoms with E-state index in [9.17, 15) is 4.57 Å². The summed E-state index contributed by atoms with van der Waals surface area (Å²) in [5, 5.41) is 0.962. The first-order chi connectivity index (χ1) is 6.11. The Hall–Kier alpha value is -0.0100. The summed E-state index contributed by atoms with van der Waals surface area (Å²) in [6.45, 7) is 0. The summed E-state index contributed by atoms with van der Waals surface area (Å²) in [5.74, 6) is 0. The predicted molar refractivity (Wildman–Crippen MR) is 56.3 cm³/mol. The molecule has 72 valence electrons. The zero-order valence-electron chi connectivity index (χ0n) is 6.76. The van der Waals surface area contributed by atoms with Gasteiger partial charge in [-0.25, -0.2) is 0 Å². The molecule has 0 aromatic heterocycles. The number of hydrogen-bond acceptors (Lipinski definition) is 1. The highest BCUT2D eigenvalue weighted by Gasteiger charge is 2.04. The van der Waals surface area contributed by atoms with Gasteiger partial charge in [0.25, 0.3) is 0 Å². The Morgan fingerprint density at radius 3 is 2.69 bits per heavy atom. The summed E-state index contributed by atoms with van der Waals surface area (Å²) in [5.41, 5.74) is 0.821. The number of benzene rings is 1. The average Bonchev–Trinajstić information content (AvgIpc) is 2.07. The van der Waals surface area contributed by atoms with Crippen LogP contribution >= 0.6 is 31.2 Å². The molecule has 0 spiro atoms. The van der Waals surface area contributed by atoms with E-state index in [0.717, 1.165) is 5.56 Å². The van der Waals surface area contributed by atoms with Crippen LogP contribution in [0.4, 0.5) is 0 Å². The van der Waals surface area contributed by atoms with Gasteiger partial charge in [0.2, 0.25) is 0 Å². The maximum Gasteiger partial charge on any atom is 0.189 e. The summed E-state index contributed by atoms with van der Waals surface area (Å²) in [7, 11) is -2.41. The summed E-state index contributed by atoms with van der Waals surface area (Å²) < 4.78 is 10.5. The maximum absolute atomic E-state index is 10.5. The Morgan fingerprint density at radius 2 is 2.08 bits per heavy atom. The van der Waals surface area contributed by atoms with Crippen LogP contribution < -0.4 is 0 Å². The van der Waals surface area contributed by atoms with Crippen LogP contribution in [0, 0.1) is 0 Å². The van der Waals surface area contributed by atoms with E-state index in [0.29, 0.717) is 16.5 Å². The molecule has 0 heterocycles. The summed E-state index contributed by atoms with van der Waals surface area (Å²) >= 11 is 11.6. The Kier molecular flexibility index (Phi) is 4.27. The van der Waals surface area contributed by atoms with Crippen LogP contribution in [-0.4, -0.2) is 11.1 Å². The molecule has 1 unspecified atom stereocenters. The van der Waals surface area contributed by atoms with Crippen LogP contribution in [0.2, 0.25) is 10.0 Å². The fourth-order valence-electron chi connectivity index (χ4n) is 0.983. The largest absolute Gasteiger partial charge is 0.346 e. The molecule has 0 aliphatic rings. The van der Waals surface area contributed by atoms with Crippen molar-refractivity contribution < 1.29 is 9.46 Å². The zero-order valence-corrected chi connectivity index (χ0v) is 9.27. The van der Waals surface area contributed by atoms with Crippen LogP contribution in [0.15, 0.2) is 18.2 Å². The molecule has 0 saturated carbocycles. The van der Waals surface area contributed by atoms with Crippen molar-refractivity contribution in [3.63, 3.8) is 0 Å². The molecule has 0 saturated heterocycles. The van der Waals surface area contributed by atoms with Crippen molar-refractivity contribution in [2.24, 2.45) is 0 Å². The van der Waals surface area contributed by atoms with Gasteiger partial charge in [-0.05, 0) is 18.1 Å². The number of aryl methyl sites for hydroxylation is 1. The topological polar surface area (TPSA) is 37.3 Å². The third-order valence-corrected chi connectivity index (χ3v) is 3.18. The minimum absolute atomic E-state index is 0.255. The molecule has 1 N–H and O–H groups in total. The zero-order chi connectivity index (χ0) is 9.84. The Labute approximate surface area is 87.4 Å². The van der Waals surface area contributed by atoms with Gasteiger partial charge >= 0.3 is 0 Å².